The highest BCUT2D eigenvalue weighted by Gasteiger charge is 2.18. The SMILES string of the molecule is COc1cc(CNC(=O)Cc2c(C)nn(-c3nc(C)cc(C)n3)c2C)ccc1OC(F)F. The van der Waals surface area contributed by atoms with Gasteiger partial charge in [-0.05, 0) is 51.5 Å². The molecule has 0 fully saturated rings. The van der Waals surface area contributed by atoms with Crippen LogP contribution < -0.4 is 14.8 Å². The fourth-order valence-corrected chi connectivity index (χ4v) is 3.37. The molecule has 10 heteroatoms. The minimum absolute atomic E-state index is 0.0650. The lowest BCUT2D eigenvalue weighted by molar-refractivity contribution is -0.120. The molecule has 0 unspecified atom stereocenters. The van der Waals surface area contributed by atoms with Crippen LogP contribution in [-0.2, 0) is 17.8 Å². The zero-order valence-electron chi connectivity index (χ0n) is 18.6. The number of benzene rings is 1. The Morgan fingerprint density at radius 3 is 2.41 bits per heavy atom. The van der Waals surface area contributed by atoms with Crippen molar-refractivity contribution in [1.29, 1.82) is 0 Å². The quantitative estimate of drug-likeness (QED) is 0.572. The van der Waals surface area contributed by atoms with Crippen molar-refractivity contribution < 1.29 is 23.0 Å². The van der Waals surface area contributed by atoms with Crippen molar-refractivity contribution in [2.45, 2.75) is 47.3 Å². The predicted octanol–water partition coefficient (Wildman–Crippen LogP) is 3.36. The number of carbonyl (C=O) groups excluding carboxylic acids is 1. The largest absolute Gasteiger partial charge is 0.493 e. The van der Waals surface area contributed by atoms with Gasteiger partial charge in [-0.15, -0.1) is 0 Å². The second-order valence-electron chi connectivity index (χ2n) is 7.33. The third-order valence-electron chi connectivity index (χ3n) is 4.87. The summed E-state index contributed by atoms with van der Waals surface area (Å²) in [5, 5.41) is 7.34. The zero-order valence-corrected chi connectivity index (χ0v) is 18.6. The summed E-state index contributed by atoms with van der Waals surface area (Å²) in [5.41, 5.74) is 4.65. The molecule has 2 aromatic heterocycles. The number of ether oxygens (including phenoxy) is 2. The molecule has 170 valence electrons. The van der Waals surface area contributed by atoms with Crippen molar-refractivity contribution in [3.63, 3.8) is 0 Å². The summed E-state index contributed by atoms with van der Waals surface area (Å²) in [5.74, 6) is 0.361. The number of amides is 1. The van der Waals surface area contributed by atoms with E-state index in [1.165, 1.54) is 13.2 Å². The molecule has 0 spiro atoms. The number of nitrogens with one attached hydrogen (secondary N) is 1. The van der Waals surface area contributed by atoms with E-state index in [0.29, 0.717) is 11.5 Å². The maximum Gasteiger partial charge on any atom is 0.387 e. The Bertz CT molecular complexity index is 1110. The van der Waals surface area contributed by atoms with E-state index in [0.717, 1.165) is 28.3 Å². The normalized spacial score (nSPS) is 11.0. The van der Waals surface area contributed by atoms with Crippen molar-refractivity contribution >= 4 is 5.91 Å². The van der Waals surface area contributed by atoms with Gasteiger partial charge < -0.3 is 14.8 Å². The van der Waals surface area contributed by atoms with Crippen LogP contribution in [0.2, 0.25) is 0 Å². The third kappa shape index (κ3) is 5.37. The van der Waals surface area contributed by atoms with Crippen LogP contribution in [0, 0.1) is 27.7 Å². The number of aromatic nitrogens is 4. The first-order chi connectivity index (χ1) is 15.2. The van der Waals surface area contributed by atoms with Crippen LogP contribution in [0.25, 0.3) is 5.95 Å². The van der Waals surface area contributed by atoms with Gasteiger partial charge >= 0.3 is 6.61 Å². The van der Waals surface area contributed by atoms with Crippen molar-refractivity contribution in [2.24, 2.45) is 0 Å². The molecule has 0 aliphatic rings. The zero-order chi connectivity index (χ0) is 23.4. The molecule has 3 aromatic rings. The summed E-state index contributed by atoms with van der Waals surface area (Å²) < 4.78 is 36.1. The number of halogens is 2. The van der Waals surface area contributed by atoms with Crippen LogP contribution in [0.3, 0.4) is 0 Å². The Hall–Kier alpha value is -3.56. The van der Waals surface area contributed by atoms with Gasteiger partial charge in [0.05, 0.1) is 19.2 Å². The molecule has 0 atom stereocenters. The van der Waals surface area contributed by atoms with Gasteiger partial charge in [-0.1, -0.05) is 6.07 Å². The fourth-order valence-electron chi connectivity index (χ4n) is 3.37. The first kappa shape index (κ1) is 23.1. The summed E-state index contributed by atoms with van der Waals surface area (Å²) in [4.78, 5) is 21.4. The molecule has 0 saturated carbocycles. The van der Waals surface area contributed by atoms with Gasteiger partial charge in [-0.2, -0.15) is 13.9 Å². The predicted molar refractivity (Wildman–Crippen MR) is 113 cm³/mol. The highest BCUT2D eigenvalue weighted by atomic mass is 19.3. The first-order valence-electron chi connectivity index (χ1n) is 9.94. The van der Waals surface area contributed by atoms with Gasteiger partial charge in [0.2, 0.25) is 5.91 Å². The van der Waals surface area contributed by atoms with Gasteiger partial charge in [-0.3, -0.25) is 4.79 Å². The number of hydrogen-bond acceptors (Lipinski definition) is 6. The highest BCUT2D eigenvalue weighted by Crippen LogP contribution is 2.29. The average Bonchev–Trinajstić information content (AvgIpc) is 3.00. The molecular formula is C22H25F2N5O3. The van der Waals surface area contributed by atoms with E-state index in [9.17, 15) is 13.6 Å². The molecule has 0 radical (unpaired) electrons. The first-order valence-corrected chi connectivity index (χ1v) is 9.94. The van der Waals surface area contributed by atoms with E-state index in [1.807, 2.05) is 33.8 Å². The number of methoxy groups -OCH3 is 1. The lowest BCUT2D eigenvalue weighted by Crippen LogP contribution is -2.25. The Labute approximate surface area is 184 Å². The molecule has 1 amide bonds. The van der Waals surface area contributed by atoms with E-state index in [1.54, 1.807) is 16.8 Å². The lowest BCUT2D eigenvalue weighted by Gasteiger charge is -2.12. The van der Waals surface area contributed by atoms with Crippen LogP contribution in [0.5, 0.6) is 11.5 Å². The monoisotopic (exact) mass is 445 g/mol. The minimum Gasteiger partial charge on any atom is -0.493 e. The Kier molecular flexibility index (Phi) is 7.01. The van der Waals surface area contributed by atoms with E-state index in [4.69, 9.17) is 4.74 Å². The van der Waals surface area contributed by atoms with Crippen molar-refractivity contribution in [2.75, 3.05) is 7.11 Å². The number of nitrogens with zero attached hydrogens (tertiary/aromatic N) is 4. The summed E-state index contributed by atoms with van der Waals surface area (Å²) in [7, 11) is 1.36. The molecule has 3 rings (SSSR count). The second kappa shape index (κ2) is 9.71. The van der Waals surface area contributed by atoms with Crippen molar-refractivity contribution in [3.8, 4) is 17.4 Å². The van der Waals surface area contributed by atoms with Crippen molar-refractivity contribution in [3.05, 3.63) is 58.2 Å². The lowest BCUT2D eigenvalue weighted by atomic mass is 10.1. The third-order valence-corrected chi connectivity index (χ3v) is 4.87. The molecule has 1 aromatic carbocycles. The van der Waals surface area contributed by atoms with Crippen LogP contribution in [0.4, 0.5) is 8.78 Å². The molecule has 0 aliphatic carbocycles. The molecule has 0 saturated heterocycles. The summed E-state index contributed by atoms with van der Waals surface area (Å²) >= 11 is 0. The van der Waals surface area contributed by atoms with Crippen LogP contribution in [-0.4, -0.2) is 39.4 Å². The van der Waals surface area contributed by atoms with Gasteiger partial charge in [0.15, 0.2) is 11.5 Å². The van der Waals surface area contributed by atoms with Crippen LogP contribution in [0.1, 0.15) is 33.9 Å². The maximum absolute atomic E-state index is 12.6. The molecule has 2 heterocycles. The molecule has 1 N–H and O–H groups in total. The standard InChI is InChI=1S/C22H25F2N5O3/c1-12-8-13(2)27-22(26-12)29-15(4)17(14(3)28-29)10-20(30)25-11-16-6-7-18(32-21(23)24)19(9-16)31-5/h6-9,21H,10-11H2,1-5H3,(H,25,30). The Balaban J connectivity index is 1.70. The number of rotatable bonds is 8. The van der Waals surface area contributed by atoms with Gasteiger partial charge in [0, 0.05) is 29.2 Å². The fraction of sp³-hybridized carbons (Fsp3) is 0.364. The van der Waals surface area contributed by atoms with Crippen molar-refractivity contribution in [1.82, 2.24) is 25.1 Å². The van der Waals surface area contributed by atoms with E-state index in [2.05, 4.69) is 25.1 Å². The highest BCUT2D eigenvalue weighted by molar-refractivity contribution is 5.79. The molecular weight excluding hydrogens is 420 g/mol. The maximum atomic E-state index is 12.6. The second-order valence-corrected chi connectivity index (χ2v) is 7.33. The topological polar surface area (TPSA) is 91.2 Å². The number of carbonyl (C=O) groups is 1. The average molecular weight is 445 g/mol. The van der Waals surface area contributed by atoms with Crippen LogP contribution in [0.15, 0.2) is 24.3 Å². The molecule has 0 bridgehead atoms. The van der Waals surface area contributed by atoms with Gasteiger partial charge in [0.1, 0.15) is 0 Å². The van der Waals surface area contributed by atoms with Gasteiger partial charge in [-0.25, -0.2) is 14.6 Å². The summed E-state index contributed by atoms with van der Waals surface area (Å²) in [6.07, 6.45) is 0.131. The Morgan fingerprint density at radius 1 is 1.09 bits per heavy atom. The molecule has 0 aliphatic heterocycles. The smallest absolute Gasteiger partial charge is 0.387 e. The summed E-state index contributed by atoms with van der Waals surface area (Å²) in [6.45, 7) is 4.74. The van der Waals surface area contributed by atoms with Gasteiger partial charge in [0.25, 0.3) is 5.95 Å². The number of hydrogen-bond donors (Lipinski definition) is 1. The molecule has 8 nitrogen and oxygen atoms in total. The van der Waals surface area contributed by atoms with E-state index >= 15 is 0 Å². The number of alkyl halides is 2. The molecule has 32 heavy (non-hydrogen) atoms. The van der Waals surface area contributed by atoms with E-state index in [-0.39, 0.29) is 30.4 Å². The number of aryl methyl sites for hydroxylation is 3. The summed E-state index contributed by atoms with van der Waals surface area (Å²) in [6, 6.07) is 6.40. The Morgan fingerprint density at radius 2 is 1.78 bits per heavy atom. The van der Waals surface area contributed by atoms with Crippen LogP contribution >= 0.6 is 0 Å². The minimum atomic E-state index is -2.95. The van der Waals surface area contributed by atoms with E-state index < -0.39 is 6.61 Å².